The number of rotatable bonds is 0. The zero-order valence-corrected chi connectivity index (χ0v) is 6.29. The van der Waals surface area contributed by atoms with E-state index in [1.54, 1.807) is 6.92 Å². The van der Waals surface area contributed by atoms with Gasteiger partial charge in [0.05, 0.1) is 0 Å². The molecule has 0 saturated carbocycles. The van der Waals surface area contributed by atoms with E-state index in [4.69, 9.17) is 0 Å². The van der Waals surface area contributed by atoms with Gasteiger partial charge in [-0.15, -0.1) is 0 Å². The fraction of sp³-hybridized carbons (Fsp3) is 0.625. The third-order valence-electron chi connectivity index (χ3n) is 2.22. The summed E-state index contributed by atoms with van der Waals surface area (Å²) in [5.74, 6) is -0.128. The second-order valence-corrected chi connectivity index (χ2v) is 3.05. The molecule has 1 aliphatic rings. The molecule has 0 bridgehead atoms. The van der Waals surface area contributed by atoms with Crippen LogP contribution < -0.4 is 0 Å². The van der Waals surface area contributed by atoms with Gasteiger partial charge in [0, 0.05) is 0 Å². The summed E-state index contributed by atoms with van der Waals surface area (Å²) < 4.78 is 0. The van der Waals surface area contributed by atoms with Crippen molar-refractivity contribution in [2.24, 2.45) is 5.92 Å². The second-order valence-electron chi connectivity index (χ2n) is 3.05. The molecule has 0 fully saturated rings. The minimum Gasteiger partial charge on any atom is -0.382 e. The Kier molecular flexibility index (Phi) is 1.65. The van der Waals surface area contributed by atoms with Crippen LogP contribution in [0.5, 0.6) is 0 Å². The van der Waals surface area contributed by atoms with E-state index >= 15 is 0 Å². The van der Waals surface area contributed by atoms with Crippen molar-refractivity contribution in [3.8, 4) is 0 Å². The first-order valence-electron chi connectivity index (χ1n) is 3.48. The Morgan fingerprint density at radius 1 is 1.80 bits per heavy atom. The van der Waals surface area contributed by atoms with Crippen molar-refractivity contribution in [1.29, 1.82) is 0 Å². The van der Waals surface area contributed by atoms with Crippen LogP contribution in [0.1, 0.15) is 20.3 Å². The molecule has 0 aliphatic heterocycles. The summed E-state index contributed by atoms with van der Waals surface area (Å²) in [4.78, 5) is 11.0. The summed E-state index contributed by atoms with van der Waals surface area (Å²) in [6.07, 6.45) is 4.06. The maximum Gasteiger partial charge on any atom is 0.186 e. The van der Waals surface area contributed by atoms with E-state index in [0.717, 1.165) is 6.42 Å². The van der Waals surface area contributed by atoms with Gasteiger partial charge in [-0.1, -0.05) is 13.0 Å². The molecule has 2 heteroatoms. The zero-order valence-electron chi connectivity index (χ0n) is 6.29. The highest BCUT2D eigenvalue weighted by atomic mass is 16.3. The molecule has 0 heterocycles. The zero-order chi connectivity index (χ0) is 7.78. The third kappa shape index (κ3) is 0.991. The topological polar surface area (TPSA) is 37.3 Å². The molecule has 0 aromatic rings. The largest absolute Gasteiger partial charge is 0.382 e. The smallest absolute Gasteiger partial charge is 0.186 e. The quantitative estimate of drug-likeness (QED) is 0.543. The molecule has 1 N–H and O–H groups in total. The SMILES string of the molecule is CC1CC=CC(=O)C1(C)O. The van der Waals surface area contributed by atoms with Gasteiger partial charge < -0.3 is 5.11 Å². The van der Waals surface area contributed by atoms with Gasteiger partial charge in [0.15, 0.2) is 5.78 Å². The van der Waals surface area contributed by atoms with Crippen LogP contribution in [0.3, 0.4) is 0 Å². The molecular weight excluding hydrogens is 128 g/mol. The first-order valence-corrected chi connectivity index (χ1v) is 3.48. The number of hydrogen-bond donors (Lipinski definition) is 1. The summed E-state index contributed by atoms with van der Waals surface area (Å²) in [5.41, 5.74) is -1.13. The lowest BCUT2D eigenvalue weighted by molar-refractivity contribution is -0.136. The highest BCUT2D eigenvalue weighted by Crippen LogP contribution is 2.25. The van der Waals surface area contributed by atoms with E-state index in [0.29, 0.717) is 0 Å². The van der Waals surface area contributed by atoms with Gasteiger partial charge in [-0.05, 0) is 25.3 Å². The Labute approximate surface area is 60.6 Å². The second kappa shape index (κ2) is 2.20. The molecule has 0 saturated heterocycles. The summed E-state index contributed by atoms with van der Waals surface area (Å²) in [6.45, 7) is 3.45. The molecule has 10 heavy (non-hydrogen) atoms. The van der Waals surface area contributed by atoms with Crippen LogP contribution in [0.2, 0.25) is 0 Å². The third-order valence-corrected chi connectivity index (χ3v) is 2.22. The molecule has 1 aliphatic carbocycles. The van der Waals surface area contributed by atoms with Crippen molar-refractivity contribution in [2.75, 3.05) is 0 Å². The Bertz CT molecular complexity index is 180. The van der Waals surface area contributed by atoms with Crippen LogP contribution >= 0.6 is 0 Å². The summed E-state index contributed by atoms with van der Waals surface area (Å²) in [5, 5.41) is 9.51. The number of ketones is 1. The van der Waals surface area contributed by atoms with Crippen molar-refractivity contribution >= 4 is 5.78 Å². The minimum absolute atomic E-state index is 0.0463. The standard InChI is InChI=1S/C8H12O2/c1-6-4-3-5-7(9)8(6,2)10/h3,5-6,10H,4H2,1-2H3. The normalized spacial score (nSPS) is 40.3. The number of carbonyl (C=O) groups is 1. The highest BCUT2D eigenvalue weighted by molar-refractivity contribution is 5.97. The molecule has 2 unspecified atom stereocenters. The molecule has 2 atom stereocenters. The molecule has 2 nitrogen and oxygen atoms in total. The van der Waals surface area contributed by atoms with E-state index in [1.807, 2.05) is 13.0 Å². The summed E-state index contributed by atoms with van der Waals surface area (Å²) in [7, 11) is 0. The minimum atomic E-state index is -1.13. The van der Waals surface area contributed by atoms with Gasteiger partial charge in [-0.3, -0.25) is 4.79 Å². The first kappa shape index (κ1) is 7.48. The molecule has 56 valence electrons. The lowest BCUT2D eigenvalue weighted by Gasteiger charge is -2.29. The predicted molar refractivity (Wildman–Crippen MR) is 38.6 cm³/mol. The van der Waals surface area contributed by atoms with Gasteiger partial charge in [-0.25, -0.2) is 0 Å². The van der Waals surface area contributed by atoms with Gasteiger partial charge >= 0.3 is 0 Å². The average Bonchev–Trinajstić information content (AvgIpc) is 1.84. The Morgan fingerprint density at radius 2 is 2.40 bits per heavy atom. The van der Waals surface area contributed by atoms with Crippen LogP contribution in [0.15, 0.2) is 12.2 Å². The average molecular weight is 140 g/mol. The van der Waals surface area contributed by atoms with Gasteiger partial charge in [0.25, 0.3) is 0 Å². The van der Waals surface area contributed by atoms with Crippen molar-refractivity contribution in [2.45, 2.75) is 25.9 Å². The first-order chi connectivity index (χ1) is 4.55. The van der Waals surface area contributed by atoms with E-state index in [1.165, 1.54) is 6.08 Å². The van der Waals surface area contributed by atoms with E-state index < -0.39 is 5.60 Å². The monoisotopic (exact) mass is 140 g/mol. The highest BCUT2D eigenvalue weighted by Gasteiger charge is 2.36. The Hall–Kier alpha value is -0.630. The van der Waals surface area contributed by atoms with Crippen LogP contribution in [0.25, 0.3) is 0 Å². The molecule has 1 rings (SSSR count). The molecule has 0 amide bonds. The molecular formula is C8H12O2. The Balaban J connectivity index is 2.89. The number of allylic oxidation sites excluding steroid dienone is 1. The maximum atomic E-state index is 11.0. The van der Waals surface area contributed by atoms with Crippen LogP contribution in [0, 0.1) is 5.92 Å². The molecule has 0 aromatic carbocycles. The van der Waals surface area contributed by atoms with E-state index in [9.17, 15) is 9.90 Å². The predicted octanol–water partition coefficient (Wildman–Crippen LogP) is 0.903. The lowest BCUT2D eigenvalue weighted by Crippen LogP contribution is -2.42. The molecule has 0 spiro atoms. The van der Waals surface area contributed by atoms with Crippen molar-refractivity contribution < 1.29 is 9.90 Å². The number of hydrogen-bond acceptors (Lipinski definition) is 2. The van der Waals surface area contributed by atoms with Gasteiger partial charge in [0.2, 0.25) is 0 Å². The lowest BCUT2D eigenvalue weighted by atomic mass is 9.81. The number of aliphatic hydroxyl groups is 1. The number of carbonyl (C=O) groups excluding carboxylic acids is 1. The fourth-order valence-electron chi connectivity index (χ4n) is 1.02. The molecule has 0 aromatic heterocycles. The van der Waals surface area contributed by atoms with Crippen LogP contribution in [-0.4, -0.2) is 16.5 Å². The fourth-order valence-corrected chi connectivity index (χ4v) is 1.02. The summed E-state index contributed by atoms with van der Waals surface area (Å²) >= 11 is 0. The van der Waals surface area contributed by atoms with Crippen LogP contribution in [0.4, 0.5) is 0 Å². The van der Waals surface area contributed by atoms with E-state index in [-0.39, 0.29) is 11.7 Å². The van der Waals surface area contributed by atoms with Crippen molar-refractivity contribution in [3.05, 3.63) is 12.2 Å². The summed E-state index contributed by atoms with van der Waals surface area (Å²) in [6, 6.07) is 0. The van der Waals surface area contributed by atoms with Crippen LogP contribution in [-0.2, 0) is 4.79 Å². The van der Waals surface area contributed by atoms with Crippen molar-refractivity contribution in [1.82, 2.24) is 0 Å². The van der Waals surface area contributed by atoms with Gasteiger partial charge in [0.1, 0.15) is 5.60 Å². The Morgan fingerprint density at radius 3 is 2.80 bits per heavy atom. The van der Waals surface area contributed by atoms with Gasteiger partial charge in [-0.2, -0.15) is 0 Å². The van der Waals surface area contributed by atoms with Crippen molar-refractivity contribution in [3.63, 3.8) is 0 Å². The molecule has 0 radical (unpaired) electrons. The van der Waals surface area contributed by atoms with E-state index in [2.05, 4.69) is 0 Å². The maximum absolute atomic E-state index is 11.0.